The molecule has 1 atom stereocenters. The molecule has 6 nitrogen and oxygen atoms in total. The van der Waals surface area contributed by atoms with E-state index in [-0.39, 0.29) is 23.1 Å². The molecule has 0 bridgehead atoms. The number of carbonyl (C=O) groups excluding carboxylic acids is 2. The summed E-state index contributed by atoms with van der Waals surface area (Å²) in [5.74, 6) is 1.16. The van der Waals surface area contributed by atoms with Crippen LogP contribution in [0.5, 0.6) is 0 Å². The van der Waals surface area contributed by atoms with Gasteiger partial charge >= 0.3 is 0 Å². The largest absolute Gasteiger partial charge is 0.342 e. The van der Waals surface area contributed by atoms with Gasteiger partial charge < -0.3 is 9.80 Å². The maximum absolute atomic E-state index is 12.9. The number of nitrogens with zero attached hydrogens (tertiary/aromatic N) is 4. The zero-order valence-electron chi connectivity index (χ0n) is 15.9. The van der Waals surface area contributed by atoms with Crippen LogP contribution in [0.25, 0.3) is 0 Å². The fraction of sp³-hybridized carbons (Fsp3) is 0.684. The number of fused-ring (bicyclic) bond motifs is 1. The quantitative estimate of drug-likeness (QED) is 0.842. The number of aromatic nitrogens is 2. The number of amides is 2. The fourth-order valence-electron chi connectivity index (χ4n) is 3.48. The molecule has 2 aliphatic heterocycles. The summed E-state index contributed by atoms with van der Waals surface area (Å²) in [6, 6.07) is 0. The summed E-state index contributed by atoms with van der Waals surface area (Å²) in [6.45, 7) is 12.8. The van der Waals surface area contributed by atoms with Crippen molar-refractivity contribution in [3.63, 3.8) is 0 Å². The second-order valence-electron chi connectivity index (χ2n) is 8.70. The van der Waals surface area contributed by atoms with Crippen LogP contribution in [0.3, 0.4) is 0 Å². The zero-order valence-corrected chi connectivity index (χ0v) is 15.9. The molecule has 2 aliphatic rings. The van der Waals surface area contributed by atoms with E-state index < -0.39 is 0 Å². The van der Waals surface area contributed by atoms with E-state index in [0.29, 0.717) is 32.0 Å². The predicted molar refractivity (Wildman–Crippen MR) is 94.5 cm³/mol. The predicted octanol–water partition coefficient (Wildman–Crippen LogP) is 2.12. The maximum Gasteiger partial charge on any atom is 0.228 e. The van der Waals surface area contributed by atoms with E-state index >= 15 is 0 Å². The molecule has 0 unspecified atom stereocenters. The Kier molecular flexibility index (Phi) is 4.56. The standard InChI is InChI=1S/C19H28N4O2/c1-12(2)8-22-9-13(6-16(22)24)17(25)23-10-14-7-20-18(19(3,4)5)21-15(14)11-23/h7,12-13H,6,8-11H2,1-5H3/t13-/m0/s1. The third kappa shape index (κ3) is 3.67. The number of carbonyl (C=O) groups is 2. The zero-order chi connectivity index (χ0) is 18.4. The van der Waals surface area contributed by atoms with Gasteiger partial charge in [0.25, 0.3) is 0 Å². The van der Waals surface area contributed by atoms with Crippen molar-refractivity contribution in [1.29, 1.82) is 0 Å². The minimum Gasteiger partial charge on any atom is -0.342 e. The summed E-state index contributed by atoms with van der Waals surface area (Å²) < 4.78 is 0. The molecule has 0 N–H and O–H groups in total. The van der Waals surface area contributed by atoms with Gasteiger partial charge in [-0.25, -0.2) is 9.97 Å². The molecule has 1 fully saturated rings. The fourth-order valence-corrected chi connectivity index (χ4v) is 3.48. The Hall–Kier alpha value is -1.98. The Balaban J connectivity index is 1.68. The molecule has 1 aromatic rings. The Bertz CT molecular complexity index is 693. The van der Waals surface area contributed by atoms with Crippen LogP contribution in [0.15, 0.2) is 6.20 Å². The van der Waals surface area contributed by atoms with Gasteiger partial charge in [0.1, 0.15) is 5.82 Å². The van der Waals surface area contributed by atoms with Crippen LogP contribution in [0.1, 0.15) is 58.1 Å². The summed E-state index contributed by atoms with van der Waals surface area (Å²) in [4.78, 5) is 37.8. The van der Waals surface area contributed by atoms with E-state index in [9.17, 15) is 9.59 Å². The van der Waals surface area contributed by atoms with Crippen molar-refractivity contribution < 1.29 is 9.59 Å². The van der Waals surface area contributed by atoms with Crippen LogP contribution in [0.2, 0.25) is 0 Å². The van der Waals surface area contributed by atoms with Crippen LogP contribution < -0.4 is 0 Å². The van der Waals surface area contributed by atoms with Crippen molar-refractivity contribution in [1.82, 2.24) is 19.8 Å². The summed E-state index contributed by atoms with van der Waals surface area (Å²) >= 11 is 0. The highest BCUT2D eigenvalue weighted by Crippen LogP contribution is 2.28. The Morgan fingerprint density at radius 2 is 2.04 bits per heavy atom. The molecule has 0 aliphatic carbocycles. The third-order valence-corrected chi connectivity index (χ3v) is 4.79. The average molecular weight is 344 g/mol. The first-order valence-electron chi connectivity index (χ1n) is 9.07. The minimum atomic E-state index is -0.226. The molecule has 136 valence electrons. The Labute approximate surface area is 149 Å². The smallest absolute Gasteiger partial charge is 0.228 e. The van der Waals surface area contributed by atoms with Crippen LogP contribution in [-0.4, -0.2) is 44.7 Å². The topological polar surface area (TPSA) is 66.4 Å². The highest BCUT2D eigenvalue weighted by molar-refractivity contribution is 5.89. The van der Waals surface area contributed by atoms with Gasteiger partial charge in [-0.1, -0.05) is 34.6 Å². The molecule has 2 amide bonds. The van der Waals surface area contributed by atoms with Gasteiger partial charge in [-0.3, -0.25) is 9.59 Å². The lowest BCUT2D eigenvalue weighted by molar-refractivity contribution is -0.136. The van der Waals surface area contributed by atoms with E-state index in [1.807, 2.05) is 16.0 Å². The monoisotopic (exact) mass is 344 g/mol. The van der Waals surface area contributed by atoms with Gasteiger partial charge in [0.15, 0.2) is 0 Å². The van der Waals surface area contributed by atoms with Crippen molar-refractivity contribution >= 4 is 11.8 Å². The lowest BCUT2D eigenvalue weighted by Gasteiger charge is -2.21. The molecule has 3 heterocycles. The van der Waals surface area contributed by atoms with Crippen molar-refractivity contribution in [3.8, 4) is 0 Å². The lowest BCUT2D eigenvalue weighted by Crippen LogP contribution is -2.34. The minimum absolute atomic E-state index is 0.0647. The van der Waals surface area contributed by atoms with Crippen molar-refractivity contribution in [2.45, 2.75) is 59.5 Å². The molecule has 0 aromatic carbocycles. The third-order valence-electron chi connectivity index (χ3n) is 4.79. The molecule has 0 radical (unpaired) electrons. The van der Waals surface area contributed by atoms with Gasteiger partial charge in [-0.15, -0.1) is 0 Å². The van der Waals surface area contributed by atoms with E-state index in [1.165, 1.54) is 0 Å². The van der Waals surface area contributed by atoms with E-state index in [0.717, 1.165) is 23.6 Å². The second kappa shape index (κ2) is 6.39. The van der Waals surface area contributed by atoms with Gasteiger partial charge in [0.05, 0.1) is 18.2 Å². The van der Waals surface area contributed by atoms with Crippen molar-refractivity contribution in [2.75, 3.05) is 13.1 Å². The molecule has 1 saturated heterocycles. The first-order chi connectivity index (χ1) is 11.6. The van der Waals surface area contributed by atoms with Crippen LogP contribution in [-0.2, 0) is 28.1 Å². The number of rotatable bonds is 3. The molecule has 1 aromatic heterocycles. The van der Waals surface area contributed by atoms with E-state index in [2.05, 4.69) is 44.6 Å². The molecule has 6 heteroatoms. The van der Waals surface area contributed by atoms with E-state index in [1.54, 1.807) is 0 Å². The van der Waals surface area contributed by atoms with E-state index in [4.69, 9.17) is 0 Å². The van der Waals surface area contributed by atoms with Crippen molar-refractivity contribution in [3.05, 3.63) is 23.3 Å². The van der Waals surface area contributed by atoms with Crippen LogP contribution in [0.4, 0.5) is 0 Å². The SMILES string of the molecule is CC(C)CN1C[C@@H](C(=O)N2Cc3cnc(C(C)(C)C)nc3C2)CC1=O. The highest BCUT2D eigenvalue weighted by Gasteiger charge is 2.38. The number of hydrogen-bond acceptors (Lipinski definition) is 4. The van der Waals surface area contributed by atoms with Crippen LogP contribution >= 0.6 is 0 Å². The lowest BCUT2D eigenvalue weighted by atomic mass is 9.95. The van der Waals surface area contributed by atoms with Crippen LogP contribution in [0, 0.1) is 11.8 Å². The maximum atomic E-state index is 12.9. The van der Waals surface area contributed by atoms with Gasteiger partial charge in [0.2, 0.25) is 11.8 Å². The second-order valence-corrected chi connectivity index (χ2v) is 8.70. The number of hydrogen-bond donors (Lipinski definition) is 0. The first kappa shape index (κ1) is 17.8. The first-order valence-corrected chi connectivity index (χ1v) is 9.07. The molecular weight excluding hydrogens is 316 g/mol. The molecule has 0 spiro atoms. The van der Waals surface area contributed by atoms with Crippen molar-refractivity contribution in [2.24, 2.45) is 11.8 Å². The Morgan fingerprint density at radius 1 is 1.32 bits per heavy atom. The average Bonchev–Trinajstić information content (AvgIpc) is 3.08. The summed E-state index contributed by atoms with van der Waals surface area (Å²) in [5, 5.41) is 0. The highest BCUT2D eigenvalue weighted by atomic mass is 16.2. The summed E-state index contributed by atoms with van der Waals surface area (Å²) in [7, 11) is 0. The molecule has 3 rings (SSSR count). The summed E-state index contributed by atoms with van der Waals surface area (Å²) in [6.07, 6.45) is 2.18. The molecular formula is C19H28N4O2. The molecule has 25 heavy (non-hydrogen) atoms. The number of likely N-dealkylation sites (tertiary alicyclic amines) is 1. The van der Waals surface area contributed by atoms with Gasteiger partial charge in [0, 0.05) is 43.2 Å². The Morgan fingerprint density at radius 3 is 2.68 bits per heavy atom. The summed E-state index contributed by atoms with van der Waals surface area (Å²) in [5.41, 5.74) is 1.85. The normalized spacial score (nSPS) is 20.6. The van der Waals surface area contributed by atoms with Gasteiger partial charge in [-0.05, 0) is 5.92 Å². The van der Waals surface area contributed by atoms with Gasteiger partial charge in [-0.2, -0.15) is 0 Å². The molecule has 0 saturated carbocycles.